The van der Waals surface area contributed by atoms with Gasteiger partial charge in [0.25, 0.3) is 0 Å². The number of nitrogens with one attached hydrogen (secondary N) is 1. The Balaban J connectivity index is 0.000000646. The van der Waals surface area contributed by atoms with Crippen LogP contribution in [0.15, 0.2) is 42.1 Å². The van der Waals surface area contributed by atoms with Crippen molar-refractivity contribution in [3.05, 3.63) is 72.2 Å². The van der Waals surface area contributed by atoms with Crippen molar-refractivity contribution < 1.29 is 65.8 Å². The van der Waals surface area contributed by atoms with E-state index in [2.05, 4.69) is 18.7 Å². The quantitative estimate of drug-likeness (QED) is 0.322. The molecule has 5 heteroatoms. The van der Waals surface area contributed by atoms with E-state index < -0.39 is 0 Å². The van der Waals surface area contributed by atoms with Crippen LogP contribution in [0.2, 0.25) is 0 Å². The molecule has 1 aromatic carbocycles. The molecular formula is C25H32KNO3-2. The molecule has 1 aliphatic rings. The number of carbonyl (C=O) groups excluding carboxylic acids is 3. The number of aryl methyl sites for hydroxylation is 1. The van der Waals surface area contributed by atoms with Gasteiger partial charge in [0.15, 0.2) is 5.78 Å². The Morgan fingerprint density at radius 2 is 1.87 bits per heavy atom. The molecule has 0 saturated heterocycles. The summed E-state index contributed by atoms with van der Waals surface area (Å²) in [6.07, 6.45) is 13.1. The Hall–Kier alpha value is -0.984. The normalized spacial score (nSPS) is 14.5. The summed E-state index contributed by atoms with van der Waals surface area (Å²) < 4.78 is 0. The van der Waals surface area contributed by atoms with E-state index in [4.69, 9.17) is 0 Å². The first kappa shape index (κ1) is 29.0. The number of hydrogen-bond acceptors (Lipinski definition) is 3. The molecule has 2 rings (SSSR count). The van der Waals surface area contributed by atoms with Crippen LogP contribution in [0.3, 0.4) is 0 Å². The third kappa shape index (κ3) is 11.4. The fourth-order valence-electron chi connectivity index (χ4n) is 2.94. The molecule has 158 valence electrons. The predicted octanol–water partition coefficient (Wildman–Crippen LogP) is 1.82. The Kier molecular flexibility index (Phi) is 15.2. The van der Waals surface area contributed by atoms with Gasteiger partial charge in [-0.2, -0.15) is 12.8 Å². The van der Waals surface area contributed by atoms with E-state index in [1.165, 1.54) is 13.0 Å². The number of carbonyl (C=O) groups is 2. The predicted molar refractivity (Wildman–Crippen MR) is 118 cm³/mol. The average molecular weight is 434 g/mol. The van der Waals surface area contributed by atoms with Gasteiger partial charge < -0.3 is 16.5 Å². The first-order chi connectivity index (χ1) is 13.7. The maximum absolute atomic E-state index is 12.2. The van der Waals surface area contributed by atoms with Crippen molar-refractivity contribution in [2.75, 3.05) is 0 Å². The van der Waals surface area contributed by atoms with Gasteiger partial charge in [-0.15, -0.1) is 12.1 Å². The molecule has 0 aromatic heterocycles. The molecule has 4 nitrogen and oxygen atoms in total. The molecule has 1 saturated carbocycles. The Labute approximate surface area is 224 Å². The number of amides is 1. The molecule has 0 atom stereocenters. The Morgan fingerprint density at radius 1 is 1.23 bits per heavy atom. The van der Waals surface area contributed by atoms with Crippen LogP contribution in [0.25, 0.3) is 0 Å². The smallest absolute Gasteiger partial charge is 0.391 e. The van der Waals surface area contributed by atoms with Crippen LogP contribution in [-0.4, -0.2) is 18.0 Å². The minimum absolute atomic E-state index is 0. The Morgan fingerprint density at radius 3 is 2.37 bits per heavy atom. The summed E-state index contributed by atoms with van der Waals surface area (Å²) in [5.74, 6) is 0.488. The molecule has 0 heterocycles. The van der Waals surface area contributed by atoms with E-state index in [9.17, 15) is 14.4 Å². The summed E-state index contributed by atoms with van der Waals surface area (Å²) in [7, 11) is 0. The van der Waals surface area contributed by atoms with Crippen LogP contribution < -0.4 is 56.7 Å². The zero-order valence-corrected chi connectivity index (χ0v) is 22.1. The molecule has 0 unspecified atom stereocenters. The molecule has 0 radical (unpaired) electrons. The second-order valence-corrected chi connectivity index (χ2v) is 7.64. The van der Waals surface area contributed by atoms with E-state index >= 15 is 0 Å². The maximum Gasteiger partial charge on any atom is 1.00 e. The van der Waals surface area contributed by atoms with E-state index in [0.29, 0.717) is 11.5 Å². The van der Waals surface area contributed by atoms with Gasteiger partial charge in [-0.25, -0.2) is 11.6 Å². The van der Waals surface area contributed by atoms with Crippen molar-refractivity contribution in [3.63, 3.8) is 0 Å². The zero-order chi connectivity index (χ0) is 21.8. The second kappa shape index (κ2) is 15.8. The molecule has 0 spiro atoms. The first-order valence-electron chi connectivity index (χ1n) is 10.1. The molecule has 1 N–H and O–H groups in total. The van der Waals surface area contributed by atoms with E-state index in [1.54, 1.807) is 12.1 Å². The number of benzene rings is 1. The van der Waals surface area contributed by atoms with Crippen LogP contribution in [0.4, 0.5) is 0 Å². The Bertz CT molecular complexity index is 760. The van der Waals surface area contributed by atoms with Gasteiger partial charge >= 0.3 is 51.4 Å². The number of rotatable bonds is 6. The molecule has 1 aliphatic carbocycles. The standard InChI is InChI=1S/C16H24NO2.C9H8O.K/c1-12(2)11-15(10-9-13(3)18)17-16(19)14-7-5-4-6-8-14;1-7-4-3-5-9(6-10)8(7)2;/h4,9-12,14H,5-8H2,1-3H3,(H,17,19);3-5H,2H2,1H3;/q-1;-2;+1/b10-9-,15-11+;;. The van der Waals surface area contributed by atoms with Gasteiger partial charge in [0.05, 0.1) is 0 Å². The number of ketones is 1. The van der Waals surface area contributed by atoms with Crippen LogP contribution in [0.1, 0.15) is 63.1 Å². The zero-order valence-electron chi connectivity index (χ0n) is 19.0. The topological polar surface area (TPSA) is 63.2 Å². The van der Waals surface area contributed by atoms with Gasteiger partial charge in [-0.1, -0.05) is 39.7 Å². The molecule has 1 fully saturated rings. The van der Waals surface area contributed by atoms with Crippen LogP contribution >= 0.6 is 0 Å². The number of hydrogen-bond donors (Lipinski definition) is 1. The second-order valence-electron chi connectivity index (χ2n) is 7.64. The van der Waals surface area contributed by atoms with Crippen molar-refractivity contribution in [1.82, 2.24) is 5.32 Å². The van der Waals surface area contributed by atoms with Gasteiger partial charge in [0.2, 0.25) is 5.91 Å². The SMILES string of the molecule is CC(=O)/C=C\C(=C/C(C)C)NC(=O)C1CC[CH-]CC1.[CH2-]c1c(C)cccc1[C-]=O.[K+]. The summed E-state index contributed by atoms with van der Waals surface area (Å²) in [6.45, 7) is 11.2. The summed E-state index contributed by atoms with van der Waals surface area (Å²) in [4.78, 5) is 33.4. The third-order valence-corrected chi connectivity index (χ3v) is 4.61. The van der Waals surface area contributed by atoms with Crippen molar-refractivity contribution in [2.45, 2.75) is 53.4 Å². The summed E-state index contributed by atoms with van der Waals surface area (Å²) in [5.41, 5.74) is 3.09. The number of allylic oxidation sites excluding steroid dienone is 3. The largest absolute Gasteiger partial charge is 1.00 e. The molecule has 0 bridgehead atoms. The first-order valence-corrected chi connectivity index (χ1v) is 10.1. The third-order valence-electron chi connectivity index (χ3n) is 4.61. The van der Waals surface area contributed by atoms with Crippen LogP contribution in [0.5, 0.6) is 0 Å². The van der Waals surface area contributed by atoms with Crippen LogP contribution in [-0.2, 0) is 14.4 Å². The maximum atomic E-state index is 12.2. The summed E-state index contributed by atoms with van der Waals surface area (Å²) in [6, 6.07) is 5.45. The fraction of sp³-hybridized carbons (Fsp3) is 0.400. The van der Waals surface area contributed by atoms with Gasteiger partial charge in [-0.05, 0) is 31.3 Å². The molecule has 30 heavy (non-hydrogen) atoms. The molecule has 0 aliphatic heterocycles. The molecule has 1 amide bonds. The minimum Gasteiger partial charge on any atom is -0.391 e. The van der Waals surface area contributed by atoms with Crippen LogP contribution in [0, 0.1) is 32.1 Å². The fourth-order valence-corrected chi connectivity index (χ4v) is 2.94. The van der Waals surface area contributed by atoms with E-state index in [0.717, 1.165) is 42.5 Å². The monoisotopic (exact) mass is 433 g/mol. The van der Waals surface area contributed by atoms with Gasteiger partial charge in [0, 0.05) is 11.6 Å². The van der Waals surface area contributed by atoms with Crippen molar-refractivity contribution in [2.24, 2.45) is 11.8 Å². The molecular weight excluding hydrogens is 401 g/mol. The molecule has 1 aromatic rings. The summed E-state index contributed by atoms with van der Waals surface area (Å²) >= 11 is 0. The van der Waals surface area contributed by atoms with E-state index in [1.807, 2.05) is 45.3 Å². The van der Waals surface area contributed by atoms with E-state index in [-0.39, 0.29) is 69.0 Å². The minimum atomic E-state index is -0.0174. The van der Waals surface area contributed by atoms with Crippen molar-refractivity contribution in [1.29, 1.82) is 0 Å². The van der Waals surface area contributed by atoms with Crippen molar-refractivity contribution in [3.8, 4) is 0 Å². The van der Waals surface area contributed by atoms with Crippen molar-refractivity contribution >= 4 is 18.0 Å². The van der Waals surface area contributed by atoms with Gasteiger partial charge in [0.1, 0.15) is 0 Å². The average Bonchev–Trinajstić information content (AvgIpc) is 2.69. The summed E-state index contributed by atoms with van der Waals surface area (Å²) in [5, 5.41) is 2.94. The van der Waals surface area contributed by atoms with Gasteiger partial charge in [-0.3, -0.25) is 27.6 Å².